The number of carbonyl (C=O) groups excluding carboxylic acids is 3. The lowest BCUT2D eigenvalue weighted by atomic mass is 9.87. The van der Waals surface area contributed by atoms with Crippen molar-refractivity contribution in [2.24, 2.45) is 0 Å². The highest BCUT2D eigenvalue weighted by Gasteiger charge is 2.51. The van der Waals surface area contributed by atoms with Gasteiger partial charge in [0.1, 0.15) is 11.3 Å². The lowest BCUT2D eigenvalue weighted by Gasteiger charge is -2.26. The predicted molar refractivity (Wildman–Crippen MR) is 105 cm³/mol. The van der Waals surface area contributed by atoms with Gasteiger partial charge in [-0.05, 0) is 49.6 Å². The van der Waals surface area contributed by atoms with Crippen molar-refractivity contribution in [2.75, 3.05) is 13.7 Å². The molecule has 0 bridgehead atoms. The summed E-state index contributed by atoms with van der Waals surface area (Å²) < 4.78 is 5.16. The maximum Gasteiger partial charge on any atom is 0.325 e. The third-order valence-corrected chi connectivity index (χ3v) is 5.28. The van der Waals surface area contributed by atoms with Crippen LogP contribution in [0.1, 0.15) is 40.4 Å². The Labute approximate surface area is 164 Å². The number of carbonyl (C=O) groups is 3. The van der Waals surface area contributed by atoms with Crippen LogP contribution in [0, 0.1) is 13.8 Å². The molecule has 146 valence electrons. The number of ketones is 1. The summed E-state index contributed by atoms with van der Waals surface area (Å²) in [6, 6.07) is 12.0. The summed E-state index contributed by atoms with van der Waals surface area (Å²) in [5, 5.41) is 2.80. The average Bonchev–Trinajstić information content (AvgIpc) is 2.94. The van der Waals surface area contributed by atoms with Crippen molar-refractivity contribution in [1.29, 1.82) is 0 Å². The molecule has 6 nitrogen and oxygen atoms in total. The number of nitrogens with one attached hydrogen (secondary N) is 1. The fourth-order valence-corrected chi connectivity index (χ4v) is 3.55. The summed E-state index contributed by atoms with van der Waals surface area (Å²) in [4.78, 5) is 39.6. The Morgan fingerprint density at radius 2 is 1.79 bits per heavy atom. The zero-order chi connectivity index (χ0) is 20.5. The van der Waals surface area contributed by atoms with Gasteiger partial charge in [-0.15, -0.1) is 0 Å². The molecule has 3 amide bonds. The van der Waals surface area contributed by atoms with Crippen LogP contribution >= 0.6 is 0 Å². The Morgan fingerprint density at radius 3 is 2.39 bits per heavy atom. The summed E-state index contributed by atoms with van der Waals surface area (Å²) in [6.45, 7) is 5.28. The van der Waals surface area contributed by atoms with Gasteiger partial charge < -0.3 is 10.1 Å². The molecule has 3 rings (SSSR count). The van der Waals surface area contributed by atoms with E-state index in [9.17, 15) is 14.4 Å². The van der Waals surface area contributed by atoms with Gasteiger partial charge >= 0.3 is 6.03 Å². The second-order valence-corrected chi connectivity index (χ2v) is 7.05. The predicted octanol–water partition coefficient (Wildman–Crippen LogP) is 3.35. The first-order chi connectivity index (χ1) is 13.3. The molecule has 1 aliphatic rings. The van der Waals surface area contributed by atoms with Gasteiger partial charge in [0, 0.05) is 5.56 Å². The van der Waals surface area contributed by atoms with Crippen molar-refractivity contribution in [3.05, 3.63) is 64.7 Å². The second kappa shape index (κ2) is 7.46. The van der Waals surface area contributed by atoms with Crippen LogP contribution in [-0.2, 0) is 10.3 Å². The van der Waals surface area contributed by atoms with Crippen molar-refractivity contribution in [3.63, 3.8) is 0 Å². The molecule has 1 heterocycles. The first-order valence-electron chi connectivity index (χ1n) is 9.21. The Kier molecular flexibility index (Phi) is 5.23. The van der Waals surface area contributed by atoms with Gasteiger partial charge in [0.15, 0.2) is 5.78 Å². The molecule has 0 aromatic heterocycles. The highest BCUT2D eigenvalue weighted by atomic mass is 16.5. The molecule has 2 aromatic carbocycles. The maximum atomic E-state index is 13.2. The molecule has 0 unspecified atom stereocenters. The molecule has 0 radical (unpaired) electrons. The van der Waals surface area contributed by atoms with E-state index in [4.69, 9.17) is 4.74 Å². The number of methoxy groups -OCH3 is 1. The summed E-state index contributed by atoms with van der Waals surface area (Å²) in [7, 11) is 1.56. The standard InChI is InChI=1S/C22H24N2O4/c1-5-22(16-8-10-17(28-4)11-9-16)20(26)24(21(27)23-22)13-19(25)18-12-14(2)6-7-15(18)3/h6-12H,5,13H2,1-4H3,(H,23,27)/t22-/m1/s1. The van der Waals surface area contributed by atoms with Gasteiger partial charge in [-0.1, -0.05) is 36.8 Å². The lowest BCUT2D eigenvalue weighted by Crippen LogP contribution is -2.43. The molecule has 2 aromatic rings. The van der Waals surface area contributed by atoms with Crippen LogP contribution in [-0.4, -0.2) is 36.3 Å². The van der Waals surface area contributed by atoms with Crippen molar-refractivity contribution >= 4 is 17.7 Å². The molecule has 1 saturated heterocycles. The highest BCUT2D eigenvalue weighted by Crippen LogP contribution is 2.33. The van der Waals surface area contributed by atoms with E-state index in [0.29, 0.717) is 23.3 Å². The number of aryl methyl sites for hydroxylation is 2. The average molecular weight is 380 g/mol. The van der Waals surface area contributed by atoms with Crippen LogP contribution in [0.5, 0.6) is 5.75 Å². The van der Waals surface area contributed by atoms with Crippen molar-refractivity contribution < 1.29 is 19.1 Å². The topological polar surface area (TPSA) is 75.7 Å². The van der Waals surface area contributed by atoms with Crippen LogP contribution in [0.2, 0.25) is 0 Å². The first kappa shape index (κ1) is 19.6. The SMILES string of the molecule is CC[C@]1(c2ccc(OC)cc2)NC(=O)N(CC(=O)c2cc(C)ccc2C)C1=O. The van der Waals surface area contributed by atoms with Gasteiger partial charge in [-0.2, -0.15) is 0 Å². The first-order valence-corrected chi connectivity index (χ1v) is 9.21. The van der Waals surface area contributed by atoms with Crippen LogP contribution in [0.25, 0.3) is 0 Å². The van der Waals surface area contributed by atoms with E-state index in [2.05, 4.69) is 5.32 Å². The minimum absolute atomic E-state index is 0.258. The molecule has 0 aliphatic carbocycles. The molecule has 28 heavy (non-hydrogen) atoms. The fourth-order valence-electron chi connectivity index (χ4n) is 3.55. The van der Waals surface area contributed by atoms with E-state index in [1.807, 2.05) is 32.9 Å². The molecule has 0 spiro atoms. The molecular formula is C22H24N2O4. The van der Waals surface area contributed by atoms with E-state index in [1.165, 1.54) is 0 Å². The van der Waals surface area contributed by atoms with Crippen molar-refractivity contribution in [3.8, 4) is 5.75 Å². The monoisotopic (exact) mass is 380 g/mol. The van der Waals surface area contributed by atoms with Gasteiger partial charge in [-0.3, -0.25) is 14.5 Å². The largest absolute Gasteiger partial charge is 0.497 e. The molecule has 1 N–H and O–H groups in total. The minimum Gasteiger partial charge on any atom is -0.497 e. The number of rotatable bonds is 6. The number of urea groups is 1. The minimum atomic E-state index is -1.18. The quantitative estimate of drug-likeness (QED) is 0.616. The number of amides is 3. The number of ether oxygens (including phenoxy) is 1. The molecule has 1 atom stereocenters. The summed E-state index contributed by atoms with van der Waals surface area (Å²) in [5.41, 5.74) is 1.78. The van der Waals surface area contributed by atoms with Crippen molar-refractivity contribution in [2.45, 2.75) is 32.7 Å². The lowest BCUT2D eigenvalue weighted by molar-refractivity contribution is -0.131. The number of Topliss-reactive ketones (excluding diaryl/α,β-unsaturated/α-hetero) is 1. The fraction of sp³-hybridized carbons (Fsp3) is 0.318. The second-order valence-electron chi connectivity index (χ2n) is 7.05. The van der Waals surface area contributed by atoms with Crippen molar-refractivity contribution in [1.82, 2.24) is 10.2 Å². The Balaban J connectivity index is 1.89. The number of imide groups is 1. The third kappa shape index (κ3) is 3.26. The van der Waals surface area contributed by atoms with Gasteiger partial charge in [0.05, 0.1) is 13.7 Å². The van der Waals surface area contributed by atoms with Crippen LogP contribution in [0.4, 0.5) is 4.79 Å². The van der Waals surface area contributed by atoms with E-state index in [0.717, 1.165) is 16.0 Å². The highest BCUT2D eigenvalue weighted by molar-refractivity contribution is 6.11. The van der Waals surface area contributed by atoms with Gasteiger partial charge in [0.25, 0.3) is 5.91 Å². The number of nitrogens with zero attached hydrogens (tertiary/aromatic N) is 1. The van der Waals surface area contributed by atoms with E-state index in [-0.39, 0.29) is 12.3 Å². The van der Waals surface area contributed by atoms with Gasteiger partial charge in [0.2, 0.25) is 0 Å². The number of hydrogen-bond donors (Lipinski definition) is 1. The van der Waals surface area contributed by atoms with Crippen LogP contribution in [0.15, 0.2) is 42.5 Å². The van der Waals surface area contributed by atoms with E-state index >= 15 is 0 Å². The summed E-state index contributed by atoms with van der Waals surface area (Å²) in [6.07, 6.45) is 0.373. The van der Waals surface area contributed by atoms with Crippen LogP contribution in [0.3, 0.4) is 0 Å². The number of benzene rings is 2. The molecular weight excluding hydrogens is 356 g/mol. The normalized spacial score (nSPS) is 18.9. The van der Waals surface area contributed by atoms with E-state index in [1.54, 1.807) is 37.4 Å². The maximum absolute atomic E-state index is 13.2. The third-order valence-electron chi connectivity index (χ3n) is 5.28. The molecule has 0 saturated carbocycles. The Bertz CT molecular complexity index is 936. The Hall–Kier alpha value is -3.15. The molecule has 1 aliphatic heterocycles. The number of hydrogen-bond acceptors (Lipinski definition) is 4. The van der Waals surface area contributed by atoms with E-state index < -0.39 is 17.5 Å². The smallest absolute Gasteiger partial charge is 0.325 e. The zero-order valence-electron chi connectivity index (χ0n) is 16.5. The van der Waals surface area contributed by atoms with Gasteiger partial charge in [-0.25, -0.2) is 4.79 Å². The molecule has 6 heteroatoms. The molecule has 1 fully saturated rings. The summed E-state index contributed by atoms with van der Waals surface area (Å²) in [5.74, 6) is -0.0103. The summed E-state index contributed by atoms with van der Waals surface area (Å²) >= 11 is 0. The Morgan fingerprint density at radius 1 is 1.11 bits per heavy atom. The zero-order valence-corrected chi connectivity index (χ0v) is 16.5. The van der Waals surface area contributed by atoms with Crippen LogP contribution < -0.4 is 10.1 Å².